The second kappa shape index (κ2) is 10.3. The molecule has 0 amide bonds. The fraction of sp³-hybridized carbons (Fsp3) is 0.250. The summed E-state index contributed by atoms with van der Waals surface area (Å²) in [5.41, 5.74) is 5.58. The van der Waals surface area contributed by atoms with Crippen LogP contribution in [0.3, 0.4) is 0 Å². The van der Waals surface area contributed by atoms with E-state index in [1.807, 2.05) is 0 Å². The number of hydrogen-bond donors (Lipinski definition) is 2. The molecule has 3 aromatic rings. The molecule has 14 heteroatoms. The average Bonchev–Trinajstić information content (AvgIpc) is 3.19. The van der Waals surface area contributed by atoms with Crippen LogP contribution < -0.4 is 24.7 Å². The van der Waals surface area contributed by atoms with E-state index >= 15 is 4.39 Å². The Bertz CT molecular complexity index is 1330. The second-order valence-electron chi connectivity index (χ2n) is 6.62. The van der Waals surface area contributed by atoms with Gasteiger partial charge in [-0.2, -0.15) is 0 Å². The quantitative estimate of drug-likeness (QED) is 0.403. The second-order valence-corrected chi connectivity index (χ2v) is 8.24. The lowest BCUT2D eigenvalue weighted by Crippen LogP contribution is -2.17. The normalized spacial score (nSPS) is 12.0. The molecule has 0 aliphatic heterocycles. The summed E-state index contributed by atoms with van der Waals surface area (Å²) in [7, 11) is -1.94. The summed E-state index contributed by atoms with van der Waals surface area (Å²) < 4.78 is 77.0. The van der Waals surface area contributed by atoms with Crippen LogP contribution in [0.1, 0.15) is 11.3 Å². The number of nitrogens with two attached hydrogens (primary N) is 1. The minimum atomic E-state index is -4.45. The van der Waals surface area contributed by atoms with Crippen molar-refractivity contribution in [2.75, 3.05) is 25.8 Å². The summed E-state index contributed by atoms with van der Waals surface area (Å²) in [6.45, 7) is 0.0762. The molecule has 2 heterocycles. The molecule has 0 atom stereocenters. The first kappa shape index (κ1) is 24.7. The Morgan fingerprint density at radius 1 is 1.29 bits per heavy atom. The summed E-state index contributed by atoms with van der Waals surface area (Å²) in [4.78, 5) is 7.58. The van der Waals surface area contributed by atoms with Crippen molar-refractivity contribution in [1.29, 1.82) is 0 Å². The number of rotatable bonds is 10. The highest BCUT2D eigenvalue weighted by molar-refractivity contribution is 7.93. The molecular formula is C20H21F2N5O6S. The van der Waals surface area contributed by atoms with Crippen molar-refractivity contribution >= 4 is 33.0 Å². The molecule has 0 radical (unpaired) electrons. The Morgan fingerprint density at radius 2 is 2.06 bits per heavy atom. The maximum absolute atomic E-state index is 15.1. The Morgan fingerprint density at radius 3 is 2.71 bits per heavy atom. The number of anilines is 1. The van der Waals surface area contributed by atoms with Crippen molar-refractivity contribution in [1.82, 2.24) is 10.1 Å². The fourth-order valence-corrected chi connectivity index (χ4v) is 4.32. The number of aliphatic imine (C=N–C) groups is 1. The largest absolute Gasteiger partial charge is 0.495 e. The highest BCUT2D eigenvalue weighted by atomic mass is 32.2. The molecule has 0 saturated heterocycles. The zero-order chi connectivity index (χ0) is 24.9. The SMILES string of the molecule is COc1cc(C)nc(OC)c1S(=O)(=O)Nc1noc2cc(CN=CC=CN)c(F)c(OCF)c12. The highest BCUT2D eigenvalue weighted by Crippen LogP contribution is 2.39. The van der Waals surface area contributed by atoms with Crippen molar-refractivity contribution in [2.45, 2.75) is 18.4 Å². The zero-order valence-electron chi connectivity index (χ0n) is 18.3. The number of nitrogens with zero attached hydrogens (tertiary/aromatic N) is 3. The summed E-state index contributed by atoms with van der Waals surface area (Å²) in [6.07, 6.45) is 4.01. The molecule has 3 rings (SSSR count). The van der Waals surface area contributed by atoms with Crippen LogP contribution in [0.2, 0.25) is 0 Å². The Hall–Kier alpha value is -3.94. The zero-order valence-corrected chi connectivity index (χ0v) is 19.2. The first-order chi connectivity index (χ1) is 16.3. The van der Waals surface area contributed by atoms with Crippen molar-refractivity contribution in [3.8, 4) is 17.4 Å². The number of benzene rings is 1. The van der Waals surface area contributed by atoms with Gasteiger partial charge in [-0.15, -0.1) is 0 Å². The Kier molecular flexibility index (Phi) is 7.50. The fourth-order valence-electron chi connectivity index (χ4n) is 3.05. The van der Waals surface area contributed by atoms with E-state index < -0.39 is 39.2 Å². The standard InChI is InChI=1S/C20H21F2N5O6S/c1-11-7-14(30-2)18(20(25-11)31-3)34(28,29)27-19-15-13(33-26-19)8-12(9-24-6-4-5-23)16(22)17(15)32-10-21/h4-8H,9-10,23H2,1-3H3,(H,26,27). The van der Waals surface area contributed by atoms with Crippen LogP contribution in [0.4, 0.5) is 14.6 Å². The van der Waals surface area contributed by atoms with Gasteiger partial charge in [-0.1, -0.05) is 5.16 Å². The van der Waals surface area contributed by atoms with Gasteiger partial charge in [-0.3, -0.25) is 9.71 Å². The van der Waals surface area contributed by atoms with Crippen LogP contribution in [-0.4, -0.2) is 45.9 Å². The van der Waals surface area contributed by atoms with Gasteiger partial charge in [0.05, 0.1) is 20.8 Å². The van der Waals surface area contributed by atoms with Gasteiger partial charge in [0.15, 0.2) is 27.9 Å². The Balaban J connectivity index is 2.12. The van der Waals surface area contributed by atoms with Crippen molar-refractivity contribution in [3.05, 3.63) is 41.5 Å². The van der Waals surface area contributed by atoms with Crippen molar-refractivity contribution in [2.24, 2.45) is 10.7 Å². The summed E-state index contributed by atoms with van der Waals surface area (Å²) in [5, 5.41) is 3.44. The molecule has 0 bridgehead atoms. The van der Waals surface area contributed by atoms with Gasteiger partial charge in [0.2, 0.25) is 12.7 Å². The average molecular weight is 497 g/mol. The molecule has 11 nitrogen and oxygen atoms in total. The first-order valence-electron chi connectivity index (χ1n) is 9.56. The number of aryl methyl sites for hydroxylation is 1. The molecule has 34 heavy (non-hydrogen) atoms. The van der Waals surface area contributed by atoms with Crippen LogP contribution in [0.25, 0.3) is 11.0 Å². The van der Waals surface area contributed by atoms with E-state index in [-0.39, 0.29) is 34.7 Å². The molecule has 2 aromatic heterocycles. The van der Waals surface area contributed by atoms with E-state index in [2.05, 4.69) is 19.9 Å². The number of methoxy groups -OCH3 is 2. The Labute approximate surface area is 193 Å². The molecule has 0 aliphatic carbocycles. The number of hydrogen-bond acceptors (Lipinski definition) is 10. The van der Waals surface area contributed by atoms with E-state index in [9.17, 15) is 12.8 Å². The number of nitrogens with one attached hydrogen (secondary N) is 1. The number of pyridine rings is 1. The topological polar surface area (TPSA) is 151 Å². The van der Waals surface area contributed by atoms with Crippen LogP contribution in [0.15, 0.2) is 38.8 Å². The number of alkyl halides is 1. The molecule has 3 N–H and O–H groups in total. The van der Waals surface area contributed by atoms with Gasteiger partial charge in [0.25, 0.3) is 10.0 Å². The molecule has 182 valence electrons. The van der Waals surface area contributed by atoms with Crippen LogP contribution in [0.5, 0.6) is 17.4 Å². The van der Waals surface area contributed by atoms with Gasteiger partial charge < -0.3 is 24.5 Å². The van der Waals surface area contributed by atoms with Gasteiger partial charge in [0.1, 0.15) is 11.1 Å². The minimum absolute atomic E-state index is 0.00532. The lowest BCUT2D eigenvalue weighted by atomic mass is 10.1. The lowest BCUT2D eigenvalue weighted by molar-refractivity contribution is 0.186. The van der Waals surface area contributed by atoms with Crippen molar-refractivity contribution < 1.29 is 35.9 Å². The number of sulfonamides is 1. The molecule has 0 aliphatic rings. The maximum Gasteiger partial charge on any atom is 0.272 e. The number of ether oxygens (including phenoxy) is 3. The van der Waals surface area contributed by atoms with Crippen molar-refractivity contribution in [3.63, 3.8) is 0 Å². The lowest BCUT2D eigenvalue weighted by Gasteiger charge is -2.14. The highest BCUT2D eigenvalue weighted by Gasteiger charge is 2.30. The van der Waals surface area contributed by atoms with Gasteiger partial charge >= 0.3 is 0 Å². The molecule has 0 unspecified atom stereocenters. The summed E-state index contributed by atoms with van der Waals surface area (Å²) in [5.74, 6) is -2.30. The van der Waals surface area contributed by atoms with E-state index in [1.165, 1.54) is 44.8 Å². The maximum atomic E-state index is 15.1. The predicted octanol–water partition coefficient (Wildman–Crippen LogP) is 2.84. The molecular weight excluding hydrogens is 476 g/mol. The van der Waals surface area contributed by atoms with E-state index in [0.29, 0.717) is 5.69 Å². The monoisotopic (exact) mass is 497 g/mol. The van der Waals surface area contributed by atoms with E-state index in [1.54, 1.807) is 6.92 Å². The third-order valence-corrected chi connectivity index (χ3v) is 5.82. The van der Waals surface area contributed by atoms with E-state index in [4.69, 9.17) is 24.5 Å². The number of fused-ring (bicyclic) bond motifs is 1. The van der Waals surface area contributed by atoms with Gasteiger partial charge in [-0.25, -0.2) is 22.2 Å². The summed E-state index contributed by atoms with van der Waals surface area (Å²) in [6, 6.07) is 2.64. The summed E-state index contributed by atoms with van der Waals surface area (Å²) >= 11 is 0. The predicted molar refractivity (Wildman–Crippen MR) is 119 cm³/mol. The molecule has 0 spiro atoms. The smallest absolute Gasteiger partial charge is 0.272 e. The van der Waals surface area contributed by atoms with Crippen LogP contribution in [0, 0.1) is 12.7 Å². The molecule has 0 fully saturated rings. The van der Waals surface area contributed by atoms with Crippen LogP contribution in [-0.2, 0) is 16.6 Å². The van der Waals surface area contributed by atoms with Gasteiger partial charge in [-0.05, 0) is 25.3 Å². The number of allylic oxidation sites excluding steroid dienone is 1. The number of halogens is 2. The molecule has 0 saturated carbocycles. The minimum Gasteiger partial charge on any atom is -0.495 e. The third kappa shape index (κ3) is 4.85. The molecule has 1 aromatic carbocycles. The van der Waals surface area contributed by atoms with Gasteiger partial charge in [0, 0.05) is 23.5 Å². The first-order valence-corrected chi connectivity index (χ1v) is 11.0. The van der Waals surface area contributed by atoms with Crippen LogP contribution >= 0.6 is 0 Å². The van der Waals surface area contributed by atoms with E-state index in [0.717, 1.165) is 0 Å². The number of aromatic nitrogens is 2. The third-order valence-electron chi connectivity index (χ3n) is 4.44.